The lowest BCUT2D eigenvalue weighted by atomic mass is 9.85. The topological polar surface area (TPSA) is 141 Å². The Kier molecular flexibility index (Phi) is 7.66. The van der Waals surface area contributed by atoms with Gasteiger partial charge in [-0.25, -0.2) is 9.50 Å². The van der Waals surface area contributed by atoms with Crippen molar-refractivity contribution < 1.29 is 19.0 Å². The van der Waals surface area contributed by atoms with Crippen molar-refractivity contribution in [3.8, 4) is 11.1 Å². The molecule has 1 saturated heterocycles. The number of anilines is 2. The molecule has 220 valence electrons. The molecule has 0 aromatic carbocycles. The quantitative estimate of drug-likeness (QED) is 0.309. The lowest BCUT2D eigenvalue weighted by Crippen LogP contribution is -2.36. The van der Waals surface area contributed by atoms with Crippen molar-refractivity contribution in [1.29, 1.82) is 0 Å². The van der Waals surface area contributed by atoms with E-state index >= 15 is 0 Å². The van der Waals surface area contributed by atoms with Gasteiger partial charge in [0.15, 0.2) is 0 Å². The number of hydrogen-bond donors (Lipinski definition) is 2. The number of hydrogen-bond acceptors (Lipinski definition) is 11. The van der Waals surface area contributed by atoms with Gasteiger partial charge in [0.2, 0.25) is 11.8 Å². The SMILES string of the molecule is COC[C@H](C)Nc1ncc2c(-c3cnn(C(C)(C)c4nnc(N5CCOCC5)o4)c3)cc([C@H]3CC[C@H](O)CC3)n2n1. The van der Waals surface area contributed by atoms with Crippen molar-refractivity contribution in [3.63, 3.8) is 0 Å². The van der Waals surface area contributed by atoms with Crippen molar-refractivity contribution in [1.82, 2.24) is 34.6 Å². The lowest BCUT2D eigenvalue weighted by Gasteiger charge is -2.25. The van der Waals surface area contributed by atoms with Gasteiger partial charge in [-0.2, -0.15) is 5.10 Å². The number of aromatic nitrogens is 7. The molecule has 13 nitrogen and oxygen atoms in total. The van der Waals surface area contributed by atoms with Crippen molar-refractivity contribution >= 4 is 17.5 Å². The third kappa shape index (κ3) is 5.53. The molecule has 0 amide bonds. The second-order valence-corrected chi connectivity index (χ2v) is 11.6. The van der Waals surface area contributed by atoms with E-state index in [2.05, 4.69) is 26.6 Å². The number of ether oxygens (including phenoxy) is 2. The van der Waals surface area contributed by atoms with Crippen LogP contribution in [0.3, 0.4) is 0 Å². The zero-order chi connectivity index (χ0) is 28.6. The maximum Gasteiger partial charge on any atom is 0.318 e. The van der Waals surface area contributed by atoms with E-state index in [1.54, 1.807) is 7.11 Å². The maximum absolute atomic E-state index is 10.1. The van der Waals surface area contributed by atoms with Crippen molar-refractivity contribution in [2.24, 2.45) is 0 Å². The van der Waals surface area contributed by atoms with Gasteiger partial charge >= 0.3 is 6.01 Å². The van der Waals surface area contributed by atoms with Crippen LogP contribution >= 0.6 is 0 Å². The zero-order valence-electron chi connectivity index (χ0n) is 24.2. The molecular formula is C28H39N9O4. The Morgan fingerprint density at radius 3 is 2.68 bits per heavy atom. The molecule has 2 aliphatic rings. The van der Waals surface area contributed by atoms with Crippen LogP contribution in [0.4, 0.5) is 12.0 Å². The van der Waals surface area contributed by atoms with Crippen LogP contribution < -0.4 is 10.2 Å². The fourth-order valence-corrected chi connectivity index (χ4v) is 5.70. The summed E-state index contributed by atoms with van der Waals surface area (Å²) in [6, 6.07) is 2.77. The van der Waals surface area contributed by atoms with Gasteiger partial charge in [-0.1, -0.05) is 5.10 Å². The number of morpholine rings is 1. The molecule has 1 saturated carbocycles. The van der Waals surface area contributed by atoms with Gasteiger partial charge in [0.1, 0.15) is 5.54 Å². The van der Waals surface area contributed by atoms with Crippen LogP contribution in [0, 0.1) is 0 Å². The molecule has 1 atom stereocenters. The van der Waals surface area contributed by atoms with Gasteiger partial charge in [-0.3, -0.25) is 4.68 Å². The summed E-state index contributed by atoms with van der Waals surface area (Å²) in [6.07, 6.45) is 8.90. The largest absolute Gasteiger partial charge is 0.405 e. The van der Waals surface area contributed by atoms with Crippen LogP contribution in [0.5, 0.6) is 0 Å². The minimum atomic E-state index is -0.668. The Balaban J connectivity index is 1.33. The molecule has 13 heteroatoms. The summed E-state index contributed by atoms with van der Waals surface area (Å²) in [4.78, 5) is 6.67. The molecule has 4 aromatic rings. The lowest BCUT2D eigenvalue weighted by molar-refractivity contribution is 0.120. The predicted octanol–water partition coefficient (Wildman–Crippen LogP) is 3.06. The maximum atomic E-state index is 10.1. The molecule has 6 rings (SSSR count). The second kappa shape index (κ2) is 11.4. The van der Waals surface area contributed by atoms with Crippen LogP contribution in [0.1, 0.15) is 64.0 Å². The molecule has 2 N–H and O–H groups in total. The summed E-state index contributed by atoms with van der Waals surface area (Å²) in [7, 11) is 1.68. The molecule has 5 heterocycles. The van der Waals surface area contributed by atoms with Crippen molar-refractivity contribution in [3.05, 3.63) is 36.2 Å². The van der Waals surface area contributed by atoms with E-state index in [0.29, 0.717) is 43.6 Å². The summed E-state index contributed by atoms with van der Waals surface area (Å²) < 4.78 is 20.7. The molecule has 0 bridgehead atoms. The molecule has 41 heavy (non-hydrogen) atoms. The first-order valence-corrected chi connectivity index (χ1v) is 14.4. The highest BCUT2D eigenvalue weighted by Crippen LogP contribution is 2.38. The highest BCUT2D eigenvalue weighted by molar-refractivity contribution is 5.81. The Hall–Kier alpha value is -3.55. The molecule has 0 unspecified atom stereocenters. The number of nitrogens with one attached hydrogen (secondary N) is 1. The third-order valence-electron chi connectivity index (χ3n) is 8.14. The van der Waals surface area contributed by atoms with Gasteiger partial charge in [0, 0.05) is 55.2 Å². The fraction of sp³-hybridized carbons (Fsp3) is 0.607. The Bertz CT molecular complexity index is 1460. The summed E-state index contributed by atoms with van der Waals surface area (Å²) >= 11 is 0. The van der Waals surface area contributed by atoms with Crippen LogP contribution in [-0.2, 0) is 15.0 Å². The highest BCUT2D eigenvalue weighted by atomic mass is 16.5. The molecule has 0 spiro atoms. The van der Waals surface area contributed by atoms with Gasteiger partial charge in [-0.15, -0.1) is 10.2 Å². The fourth-order valence-electron chi connectivity index (χ4n) is 5.70. The smallest absolute Gasteiger partial charge is 0.318 e. The number of fused-ring (bicyclic) bond motifs is 1. The summed E-state index contributed by atoms with van der Waals surface area (Å²) in [6.45, 7) is 9.35. The molecule has 0 radical (unpaired) electrons. The zero-order valence-corrected chi connectivity index (χ0v) is 24.2. The van der Waals surface area contributed by atoms with E-state index in [9.17, 15) is 5.11 Å². The van der Waals surface area contributed by atoms with Crippen molar-refractivity contribution in [2.45, 2.75) is 70.1 Å². The van der Waals surface area contributed by atoms with Gasteiger partial charge in [-0.05, 0) is 52.5 Å². The highest BCUT2D eigenvalue weighted by Gasteiger charge is 2.33. The Morgan fingerprint density at radius 1 is 1.15 bits per heavy atom. The van der Waals surface area contributed by atoms with Crippen molar-refractivity contribution in [2.75, 3.05) is 50.2 Å². The minimum Gasteiger partial charge on any atom is -0.405 e. The monoisotopic (exact) mass is 565 g/mol. The summed E-state index contributed by atoms with van der Waals surface area (Å²) in [5.41, 5.74) is 3.30. The average Bonchev–Trinajstić information content (AvgIpc) is 3.73. The second-order valence-electron chi connectivity index (χ2n) is 11.6. The molecule has 1 aliphatic heterocycles. The van der Waals surface area contributed by atoms with E-state index in [1.165, 1.54) is 0 Å². The molecule has 4 aromatic heterocycles. The summed E-state index contributed by atoms with van der Waals surface area (Å²) in [5.74, 6) is 1.33. The van der Waals surface area contributed by atoms with Crippen LogP contribution in [-0.4, -0.2) is 91.8 Å². The number of aliphatic hydroxyl groups is 1. The average molecular weight is 566 g/mol. The molecule has 1 aliphatic carbocycles. The minimum absolute atomic E-state index is 0.0645. The first-order valence-electron chi connectivity index (χ1n) is 14.4. The van der Waals surface area contributed by atoms with E-state index in [0.717, 1.165) is 61.1 Å². The number of aliphatic hydroxyl groups excluding tert-OH is 1. The Morgan fingerprint density at radius 2 is 1.93 bits per heavy atom. The van der Waals surface area contributed by atoms with E-state index in [1.807, 2.05) is 53.5 Å². The van der Waals surface area contributed by atoms with Gasteiger partial charge in [0.05, 0.1) is 43.8 Å². The Labute approximate surface area is 238 Å². The number of nitrogens with zero attached hydrogens (tertiary/aromatic N) is 8. The first kappa shape index (κ1) is 27.6. The molecule has 2 fully saturated rings. The van der Waals surface area contributed by atoms with Gasteiger partial charge in [0.25, 0.3) is 0 Å². The predicted molar refractivity (Wildman–Crippen MR) is 152 cm³/mol. The van der Waals surface area contributed by atoms with Crippen LogP contribution in [0.2, 0.25) is 0 Å². The van der Waals surface area contributed by atoms with Crippen LogP contribution in [0.25, 0.3) is 16.6 Å². The number of rotatable bonds is 9. The van der Waals surface area contributed by atoms with E-state index in [-0.39, 0.29) is 12.1 Å². The third-order valence-corrected chi connectivity index (χ3v) is 8.14. The molecular weight excluding hydrogens is 526 g/mol. The standard InChI is InChI=1S/C28H39N9O4/c1-18(17-39-4)31-26-29-15-24-22(13-23(37(24)34-26)19-5-7-21(38)8-6-19)20-14-30-36(16-20)28(2,3)25-32-33-27(41-25)35-9-11-40-12-10-35/h13-16,18-19,21,38H,5-12,17H2,1-4H3,(H,31,34)/t18-,19-,21-/m0/s1. The summed E-state index contributed by atoms with van der Waals surface area (Å²) in [5, 5.41) is 31.7. The van der Waals surface area contributed by atoms with Crippen LogP contribution in [0.15, 0.2) is 29.1 Å². The van der Waals surface area contributed by atoms with E-state index in [4.69, 9.17) is 24.1 Å². The van der Waals surface area contributed by atoms with E-state index < -0.39 is 5.54 Å². The van der Waals surface area contributed by atoms with Gasteiger partial charge < -0.3 is 29.2 Å². The normalized spacial score (nSPS) is 21.0. The number of methoxy groups -OCH3 is 1. The first-order chi connectivity index (χ1) is 19.8.